The summed E-state index contributed by atoms with van der Waals surface area (Å²) < 4.78 is 44.7. The quantitative estimate of drug-likeness (QED) is 0.188. The second kappa shape index (κ2) is 13.0. The number of nitrogens with one attached hydrogen (secondary N) is 1. The first-order valence-corrected chi connectivity index (χ1v) is 16.1. The molecule has 0 amide bonds. The highest BCUT2D eigenvalue weighted by Gasteiger charge is 2.72. The van der Waals surface area contributed by atoms with Crippen LogP contribution in [0.2, 0.25) is 0 Å². The Morgan fingerprint density at radius 2 is 1.83 bits per heavy atom. The smallest absolute Gasteiger partial charge is 0.459 e. The zero-order chi connectivity index (χ0) is 34.1. The normalized spacial score (nSPS) is 26.4. The molecule has 4 rings (SSSR count). The number of hydrogen-bond acceptors (Lipinski definition) is 13. The molecule has 15 nitrogen and oxygen atoms in total. The fraction of sp³-hybridized carbons (Fsp3) is 0.500. The van der Waals surface area contributed by atoms with Gasteiger partial charge in [0.25, 0.3) is 0 Å². The van der Waals surface area contributed by atoms with Crippen LogP contribution in [-0.4, -0.2) is 67.7 Å². The van der Waals surface area contributed by atoms with Gasteiger partial charge >= 0.3 is 19.7 Å². The van der Waals surface area contributed by atoms with Crippen molar-refractivity contribution in [3.63, 3.8) is 0 Å². The number of nitrogens with two attached hydrogens (primary N) is 1. The minimum Gasteiger partial charge on any atom is -0.462 e. The fourth-order valence-electron chi connectivity index (χ4n) is 5.15. The Morgan fingerprint density at radius 1 is 1.15 bits per heavy atom. The highest BCUT2D eigenvalue weighted by Crippen LogP contribution is 2.55. The van der Waals surface area contributed by atoms with Crippen molar-refractivity contribution in [1.82, 2.24) is 19.7 Å². The van der Waals surface area contributed by atoms with Crippen LogP contribution in [0.25, 0.3) is 5.52 Å². The zero-order valence-electron chi connectivity index (χ0n) is 26.7. The van der Waals surface area contributed by atoms with Gasteiger partial charge in [-0.3, -0.25) is 14.1 Å². The van der Waals surface area contributed by atoms with E-state index >= 15 is 0 Å². The second-order valence-corrected chi connectivity index (χ2v) is 13.7. The molecule has 0 bridgehead atoms. The van der Waals surface area contributed by atoms with Crippen molar-refractivity contribution in [2.45, 2.75) is 83.5 Å². The van der Waals surface area contributed by atoms with E-state index in [-0.39, 0.29) is 17.3 Å². The number of anilines is 1. The van der Waals surface area contributed by atoms with Gasteiger partial charge in [0, 0.05) is 0 Å². The number of fused-ring (bicyclic) bond motifs is 1. The molecule has 0 saturated carbocycles. The summed E-state index contributed by atoms with van der Waals surface area (Å²) in [5.74, 6) is -1.78. The molecule has 16 heteroatoms. The number of hydrogen-bond donors (Lipinski definition) is 3. The lowest BCUT2D eigenvalue weighted by atomic mass is 9.78. The standard InChI is InChI=1S/C30H39N6O9P/c1-18(2)25(37)43-27-28(6,45-30(15-31,29(27,7)39)23-14-13-22-24(32)33-17-34-36(22)23)16-41-46(40,44-21-11-9-8-10-12-21)35-20(5)26(38)42-19(3)4/h8-14,17-20,27,39H,16H2,1-7H3,(H,35,40)(H2,32,33,34)/t20-,27+,28?,29+,30-,46?/m0/s1. The number of carbonyl (C=O) groups is 2. The Hall–Kier alpha value is -4.06. The Balaban J connectivity index is 1.77. The van der Waals surface area contributed by atoms with Crippen LogP contribution in [0.3, 0.4) is 0 Å². The third-order valence-corrected chi connectivity index (χ3v) is 9.04. The summed E-state index contributed by atoms with van der Waals surface area (Å²) in [4.78, 5) is 29.6. The van der Waals surface area contributed by atoms with E-state index in [0.717, 1.165) is 0 Å². The number of esters is 2. The number of aromatic nitrogens is 3. The highest BCUT2D eigenvalue weighted by atomic mass is 31.2. The third-order valence-electron chi connectivity index (χ3n) is 7.42. The van der Waals surface area contributed by atoms with E-state index in [4.69, 9.17) is 29.0 Å². The first-order valence-electron chi connectivity index (χ1n) is 14.6. The lowest BCUT2D eigenvalue weighted by molar-refractivity contribution is -0.174. The number of nitrogens with zero attached hydrogens (tertiary/aromatic N) is 4. The lowest BCUT2D eigenvalue weighted by Crippen LogP contribution is -2.56. The van der Waals surface area contributed by atoms with Crippen LogP contribution in [0.15, 0.2) is 48.8 Å². The Kier molecular flexibility index (Phi) is 9.82. The van der Waals surface area contributed by atoms with Crippen LogP contribution in [-0.2, 0) is 38.5 Å². The topological polar surface area (TPSA) is 210 Å². The van der Waals surface area contributed by atoms with Crippen molar-refractivity contribution < 1.29 is 42.5 Å². The average Bonchev–Trinajstić information content (AvgIpc) is 3.49. The van der Waals surface area contributed by atoms with Crippen LogP contribution in [0.1, 0.15) is 54.2 Å². The number of ether oxygens (including phenoxy) is 3. The van der Waals surface area contributed by atoms with E-state index < -0.39 is 67.3 Å². The summed E-state index contributed by atoms with van der Waals surface area (Å²) in [6, 6.07) is 12.0. The number of nitriles is 1. The van der Waals surface area contributed by atoms with Gasteiger partial charge in [-0.25, -0.2) is 14.1 Å². The molecular weight excluding hydrogens is 619 g/mol. The number of rotatable bonds is 12. The van der Waals surface area contributed by atoms with Crippen molar-refractivity contribution in [2.24, 2.45) is 5.92 Å². The summed E-state index contributed by atoms with van der Waals surface area (Å²) in [7, 11) is -4.45. The number of nitrogen functional groups attached to an aromatic ring is 1. The van der Waals surface area contributed by atoms with Gasteiger partial charge in [-0.2, -0.15) is 15.4 Å². The van der Waals surface area contributed by atoms with Gasteiger partial charge in [-0.05, 0) is 58.9 Å². The predicted molar refractivity (Wildman–Crippen MR) is 164 cm³/mol. The minimum atomic E-state index is -4.45. The third kappa shape index (κ3) is 6.58. The number of benzene rings is 1. The van der Waals surface area contributed by atoms with Crippen molar-refractivity contribution >= 4 is 31.0 Å². The molecule has 6 atom stereocenters. The van der Waals surface area contributed by atoms with Gasteiger partial charge in [0.2, 0.25) is 5.60 Å². The van der Waals surface area contributed by atoms with Gasteiger partial charge in [0.05, 0.1) is 24.3 Å². The van der Waals surface area contributed by atoms with E-state index in [1.54, 1.807) is 52.0 Å². The molecule has 2 aromatic heterocycles. The van der Waals surface area contributed by atoms with E-state index in [0.29, 0.717) is 5.52 Å². The largest absolute Gasteiger partial charge is 0.462 e. The van der Waals surface area contributed by atoms with Crippen molar-refractivity contribution in [1.29, 1.82) is 5.26 Å². The summed E-state index contributed by atoms with van der Waals surface area (Å²) in [6.07, 6.45) is -0.831. The first-order chi connectivity index (χ1) is 21.5. The maximum Gasteiger partial charge on any atom is 0.459 e. The van der Waals surface area contributed by atoms with Crippen LogP contribution in [0.5, 0.6) is 5.75 Å². The summed E-state index contributed by atoms with van der Waals surface area (Å²) in [5, 5.41) is 29.6. The summed E-state index contributed by atoms with van der Waals surface area (Å²) in [6.45, 7) is 10.0. The summed E-state index contributed by atoms with van der Waals surface area (Å²) in [5.41, 5.74) is 0.0902. The number of para-hydroxylation sites is 1. The Bertz CT molecular complexity index is 1670. The van der Waals surface area contributed by atoms with Gasteiger partial charge in [0.15, 0.2) is 11.9 Å². The molecule has 0 spiro atoms. The molecule has 0 radical (unpaired) electrons. The molecule has 4 N–H and O–H groups in total. The Labute approximate surface area is 266 Å². The maximum absolute atomic E-state index is 14.3. The van der Waals surface area contributed by atoms with E-state index in [1.807, 2.05) is 0 Å². The molecule has 3 aromatic rings. The molecule has 46 heavy (non-hydrogen) atoms. The van der Waals surface area contributed by atoms with Crippen molar-refractivity contribution in [3.05, 3.63) is 54.5 Å². The molecule has 1 aromatic carbocycles. The molecule has 1 aliphatic heterocycles. The molecule has 0 aliphatic carbocycles. The fourth-order valence-corrected chi connectivity index (χ4v) is 6.74. The van der Waals surface area contributed by atoms with Gasteiger partial charge in [-0.1, -0.05) is 32.0 Å². The van der Waals surface area contributed by atoms with Crippen LogP contribution in [0.4, 0.5) is 5.82 Å². The van der Waals surface area contributed by atoms with Crippen molar-refractivity contribution in [2.75, 3.05) is 12.3 Å². The van der Waals surface area contributed by atoms with Crippen LogP contribution in [0, 0.1) is 17.2 Å². The molecule has 1 aliphatic rings. The van der Waals surface area contributed by atoms with E-state index in [2.05, 4.69) is 21.2 Å². The van der Waals surface area contributed by atoms with E-state index in [1.165, 1.54) is 49.8 Å². The van der Waals surface area contributed by atoms with E-state index in [9.17, 15) is 24.5 Å². The molecule has 1 fully saturated rings. The lowest BCUT2D eigenvalue weighted by Gasteiger charge is -2.35. The Morgan fingerprint density at radius 3 is 2.43 bits per heavy atom. The van der Waals surface area contributed by atoms with Gasteiger partial charge < -0.3 is 29.6 Å². The molecule has 1 saturated heterocycles. The average molecular weight is 659 g/mol. The molecule has 3 heterocycles. The maximum atomic E-state index is 14.3. The van der Waals surface area contributed by atoms with Gasteiger partial charge in [0.1, 0.15) is 40.9 Å². The minimum absolute atomic E-state index is 0.0605. The monoisotopic (exact) mass is 658 g/mol. The number of carbonyl (C=O) groups excluding carboxylic acids is 2. The second-order valence-electron chi connectivity index (χ2n) is 12.0. The van der Waals surface area contributed by atoms with Crippen molar-refractivity contribution in [3.8, 4) is 11.8 Å². The molecular formula is C30H39N6O9P. The zero-order valence-corrected chi connectivity index (χ0v) is 27.6. The van der Waals surface area contributed by atoms with Crippen LogP contribution >= 0.6 is 7.75 Å². The molecule has 2 unspecified atom stereocenters. The first kappa shape index (κ1) is 34.8. The SMILES string of the molecule is CC(C)OC(=O)[C@H](C)NP(=O)(OCC1(C)O[C@@](C#N)(c2ccc3c(N)ncnn23)[C@](C)(O)[C@@H]1OC(=O)C(C)C)Oc1ccccc1. The summed E-state index contributed by atoms with van der Waals surface area (Å²) >= 11 is 0. The predicted octanol–water partition coefficient (Wildman–Crippen LogP) is 3.27. The number of aliphatic hydroxyl groups is 1. The molecule has 248 valence electrons. The highest BCUT2D eigenvalue weighted by molar-refractivity contribution is 7.52. The van der Waals surface area contributed by atoms with Crippen LogP contribution < -0.4 is 15.3 Å². The van der Waals surface area contributed by atoms with Gasteiger partial charge in [-0.15, -0.1) is 0 Å².